The van der Waals surface area contributed by atoms with Gasteiger partial charge in [-0.1, -0.05) is 193 Å². The minimum absolute atomic E-state index is 0.0679. The van der Waals surface area contributed by atoms with Gasteiger partial charge in [0.25, 0.3) is 0 Å². The van der Waals surface area contributed by atoms with E-state index in [2.05, 4.69) is 32.9 Å². The highest BCUT2D eigenvalue weighted by Gasteiger charge is 2.19. The van der Waals surface area contributed by atoms with Gasteiger partial charge in [0.05, 0.1) is 0 Å². The molecular formula is C46H86O6. The molecule has 0 aliphatic carbocycles. The topological polar surface area (TPSA) is 78.9 Å². The van der Waals surface area contributed by atoms with Gasteiger partial charge in [-0.3, -0.25) is 14.4 Å². The molecule has 0 saturated carbocycles. The number of ether oxygens (including phenoxy) is 3. The van der Waals surface area contributed by atoms with Crippen molar-refractivity contribution in [3.63, 3.8) is 0 Å². The Labute approximate surface area is 322 Å². The fourth-order valence-corrected chi connectivity index (χ4v) is 6.55. The Morgan fingerprint density at radius 3 is 0.962 bits per heavy atom. The molecule has 1 atom stereocenters. The summed E-state index contributed by atoms with van der Waals surface area (Å²) >= 11 is 0. The van der Waals surface area contributed by atoms with Gasteiger partial charge in [-0.05, 0) is 44.9 Å². The predicted octanol–water partition coefficient (Wildman–Crippen LogP) is 14.3. The lowest BCUT2D eigenvalue weighted by Crippen LogP contribution is -2.30. The third-order valence-electron chi connectivity index (χ3n) is 10.0. The highest BCUT2D eigenvalue weighted by molar-refractivity contribution is 5.71. The number of allylic oxidation sites excluding steroid dienone is 2. The monoisotopic (exact) mass is 735 g/mol. The molecule has 0 aromatic heterocycles. The van der Waals surface area contributed by atoms with E-state index in [1.54, 1.807) is 0 Å². The largest absolute Gasteiger partial charge is 0.462 e. The van der Waals surface area contributed by atoms with E-state index in [-0.39, 0.29) is 31.1 Å². The maximum Gasteiger partial charge on any atom is 0.306 e. The average molecular weight is 735 g/mol. The minimum atomic E-state index is -0.760. The minimum Gasteiger partial charge on any atom is -0.462 e. The van der Waals surface area contributed by atoms with Crippen molar-refractivity contribution in [1.82, 2.24) is 0 Å². The van der Waals surface area contributed by atoms with Gasteiger partial charge in [-0.25, -0.2) is 0 Å². The van der Waals surface area contributed by atoms with Gasteiger partial charge in [-0.15, -0.1) is 0 Å². The van der Waals surface area contributed by atoms with Crippen LogP contribution >= 0.6 is 0 Å². The Bertz CT molecular complexity index is 809. The summed E-state index contributed by atoms with van der Waals surface area (Å²) in [5, 5.41) is 0. The lowest BCUT2D eigenvalue weighted by Gasteiger charge is -2.18. The molecular weight excluding hydrogens is 648 g/mol. The van der Waals surface area contributed by atoms with E-state index in [4.69, 9.17) is 14.2 Å². The van der Waals surface area contributed by atoms with Crippen LogP contribution in [0.15, 0.2) is 12.2 Å². The fourth-order valence-electron chi connectivity index (χ4n) is 6.55. The SMILES string of the molecule is CCCCCCCC/C=C\CCCCCCCCCCCC(=O)OCC(COC(=O)CCCCCCCC)OC(=O)CCCCCCCCCCC. The van der Waals surface area contributed by atoms with Crippen LogP contribution in [0, 0.1) is 0 Å². The van der Waals surface area contributed by atoms with Gasteiger partial charge in [0.15, 0.2) is 6.10 Å². The lowest BCUT2D eigenvalue weighted by molar-refractivity contribution is -0.167. The van der Waals surface area contributed by atoms with E-state index in [1.807, 2.05) is 0 Å². The number of esters is 3. The molecule has 0 saturated heterocycles. The van der Waals surface area contributed by atoms with Crippen LogP contribution in [-0.2, 0) is 28.6 Å². The van der Waals surface area contributed by atoms with E-state index in [9.17, 15) is 14.4 Å². The molecule has 0 radical (unpaired) electrons. The Morgan fingerprint density at radius 2 is 0.635 bits per heavy atom. The van der Waals surface area contributed by atoms with Crippen LogP contribution in [0.4, 0.5) is 0 Å². The van der Waals surface area contributed by atoms with Crippen molar-refractivity contribution >= 4 is 17.9 Å². The van der Waals surface area contributed by atoms with Gasteiger partial charge in [0, 0.05) is 19.3 Å². The van der Waals surface area contributed by atoms with Gasteiger partial charge in [0.2, 0.25) is 0 Å². The summed E-state index contributed by atoms with van der Waals surface area (Å²) in [6, 6.07) is 0. The highest BCUT2D eigenvalue weighted by atomic mass is 16.6. The first-order valence-corrected chi connectivity index (χ1v) is 22.7. The normalized spacial score (nSPS) is 12.0. The first-order chi connectivity index (χ1) is 25.5. The summed E-state index contributed by atoms with van der Waals surface area (Å²) in [6.07, 6.45) is 43.6. The number of carbonyl (C=O) groups is 3. The van der Waals surface area contributed by atoms with E-state index >= 15 is 0 Å². The maximum atomic E-state index is 12.6. The van der Waals surface area contributed by atoms with Crippen molar-refractivity contribution in [2.45, 2.75) is 252 Å². The second kappa shape index (κ2) is 41.9. The Kier molecular flexibility index (Phi) is 40.4. The van der Waals surface area contributed by atoms with Crippen molar-refractivity contribution in [2.24, 2.45) is 0 Å². The first-order valence-electron chi connectivity index (χ1n) is 22.7. The van der Waals surface area contributed by atoms with Crippen molar-refractivity contribution < 1.29 is 28.6 Å². The zero-order chi connectivity index (χ0) is 38.0. The van der Waals surface area contributed by atoms with E-state index in [1.165, 1.54) is 148 Å². The molecule has 0 N–H and O–H groups in total. The molecule has 0 aromatic rings. The zero-order valence-electron chi connectivity index (χ0n) is 34.8. The summed E-state index contributed by atoms with van der Waals surface area (Å²) in [6.45, 7) is 6.56. The molecule has 0 spiro atoms. The van der Waals surface area contributed by atoms with Gasteiger partial charge < -0.3 is 14.2 Å². The van der Waals surface area contributed by atoms with Crippen LogP contribution in [0.1, 0.15) is 245 Å². The third-order valence-corrected chi connectivity index (χ3v) is 10.0. The van der Waals surface area contributed by atoms with Crippen molar-refractivity contribution in [3.8, 4) is 0 Å². The van der Waals surface area contributed by atoms with Crippen LogP contribution in [0.25, 0.3) is 0 Å². The maximum absolute atomic E-state index is 12.6. The molecule has 0 amide bonds. The molecule has 0 bridgehead atoms. The molecule has 52 heavy (non-hydrogen) atoms. The van der Waals surface area contributed by atoms with Crippen molar-refractivity contribution in [3.05, 3.63) is 12.2 Å². The Morgan fingerprint density at radius 1 is 0.365 bits per heavy atom. The summed E-state index contributed by atoms with van der Waals surface area (Å²) in [5.74, 6) is -0.876. The second-order valence-corrected chi connectivity index (χ2v) is 15.3. The Hall–Kier alpha value is -1.85. The standard InChI is InChI=1S/C46H86O6/c1-4-7-10-13-16-18-19-20-21-22-23-24-25-26-27-29-30-33-36-39-45(48)51-42-43(41-50-44(47)38-35-32-15-12-9-6-3)52-46(49)40-37-34-31-28-17-14-11-8-5-2/h20-21,43H,4-19,22-42H2,1-3H3/b21-20-. The van der Waals surface area contributed by atoms with E-state index in [0.717, 1.165) is 57.8 Å². The fraction of sp³-hybridized carbons (Fsp3) is 0.891. The predicted molar refractivity (Wildman–Crippen MR) is 220 cm³/mol. The van der Waals surface area contributed by atoms with Crippen LogP contribution < -0.4 is 0 Å². The van der Waals surface area contributed by atoms with Gasteiger partial charge in [0.1, 0.15) is 13.2 Å². The van der Waals surface area contributed by atoms with Gasteiger partial charge in [-0.2, -0.15) is 0 Å². The van der Waals surface area contributed by atoms with Gasteiger partial charge >= 0.3 is 17.9 Å². The Balaban J connectivity index is 4.14. The summed E-state index contributed by atoms with van der Waals surface area (Å²) in [4.78, 5) is 37.4. The zero-order valence-corrected chi connectivity index (χ0v) is 34.8. The highest BCUT2D eigenvalue weighted by Crippen LogP contribution is 2.15. The number of unbranched alkanes of at least 4 members (excludes halogenated alkanes) is 28. The average Bonchev–Trinajstić information content (AvgIpc) is 3.14. The molecule has 1 unspecified atom stereocenters. The summed E-state index contributed by atoms with van der Waals surface area (Å²) < 4.78 is 16.6. The molecule has 306 valence electrons. The lowest BCUT2D eigenvalue weighted by atomic mass is 10.1. The number of hydrogen-bond donors (Lipinski definition) is 0. The second-order valence-electron chi connectivity index (χ2n) is 15.3. The first kappa shape index (κ1) is 50.1. The molecule has 0 aliphatic rings. The molecule has 0 rings (SSSR count). The number of hydrogen-bond acceptors (Lipinski definition) is 6. The summed E-state index contributed by atoms with van der Waals surface area (Å²) in [5.41, 5.74) is 0. The third kappa shape index (κ3) is 39.4. The summed E-state index contributed by atoms with van der Waals surface area (Å²) in [7, 11) is 0. The van der Waals surface area contributed by atoms with Crippen LogP contribution in [0.5, 0.6) is 0 Å². The molecule has 6 nitrogen and oxygen atoms in total. The van der Waals surface area contributed by atoms with Crippen molar-refractivity contribution in [2.75, 3.05) is 13.2 Å². The molecule has 0 aromatic carbocycles. The van der Waals surface area contributed by atoms with Crippen LogP contribution in [0.2, 0.25) is 0 Å². The molecule has 0 fully saturated rings. The molecule has 6 heteroatoms. The van der Waals surface area contributed by atoms with Crippen molar-refractivity contribution in [1.29, 1.82) is 0 Å². The molecule has 0 heterocycles. The quantitative estimate of drug-likeness (QED) is 0.0269. The van der Waals surface area contributed by atoms with Crippen LogP contribution in [-0.4, -0.2) is 37.2 Å². The smallest absolute Gasteiger partial charge is 0.306 e. The number of carbonyl (C=O) groups excluding carboxylic acids is 3. The van der Waals surface area contributed by atoms with E-state index in [0.29, 0.717) is 19.3 Å². The molecule has 0 aliphatic heterocycles. The van der Waals surface area contributed by atoms with E-state index < -0.39 is 6.10 Å². The van der Waals surface area contributed by atoms with Crippen LogP contribution in [0.3, 0.4) is 0 Å². The number of rotatable bonds is 41.